The molecule has 1 aromatic rings. The first-order valence-corrected chi connectivity index (χ1v) is 6.07. The van der Waals surface area contributed by atoms with Crippen LogP contribution < -0.4 is 10.6 Å². The van der Waals surface area contributed by atoms with E-state index in [1.54, 1.807) is 18.3 Å². The van der Waals surface area contributed by atoms with Crippen molar-refractivity contribution >= 4 is 23.7 Å². The van der Waals surface area contributed by atoms with Crippen LogP contribution in [-0.4, -0.2) is 38.1 Å². The van der Waals surface area contributed by atoms with E-state index in [0.717, 1.165) is 12.1 Å². The molecule has 1 aromatic carbocycles. The zero-order valence-corrected chi connectivity index (χ0v) is 11.4. The lowest BCUT2D eigenvalue weighted by molar-refractivity contribution is 0.243. The minimum atomic E-state index is -0.206. The molecular formula is C13H18ClN3O. The fourth-order valence-electron chi connectivity index (χ4n) is 1.23. The van der Waals surface area contributed by atoms with Crippen LogP contribution in [0.2, 0.25) is 5.02 Å². The van der Waals surface area contributed by atoms with Gasteiger partial charge in [-0.15, -0.1) is 0 Å². The van der Waals surface area contributed by atoms with Crippen molar-refractivity contribution in [1.29, 1.82) is 0 Å². The second-order valence-corrected chi connectivity index (χ2v) is 4.52. The summed E-state index contributed by atoms with van der Waals surface area (Å²) in [4.78, 5) is 13.4. The molecule has 0 fully saturated rings. The van der Waals surface area contributed by atoms with Gasteiger partial charge in [-0.05, 0) is 37.9 Å². The smallest absolute Gasteiger partial charge is 0.318 e. The molecule has 0 saturated carbocycles. The van der Waals surface area contributed by atoms with E-state index in [4.69, 9.17) is 11.6 Å². The van der Waals surface area contributed by atoms with Gasteiger partial charge in [0.15, 0.2) is 0 Å². The molecule has 2 N–H and O–H groups in total. The van der Waals surface area contributed by atoms with Crippen LogP contribution in [-0.2, 0) is 0 Å². The number of carbonyl (C=O) groups excluding carboxylic acids is 1. The molecule has 0 radical (unpaired) electrons. The first-order chi connectivity index (χ1) is 8.58. The summed E-state index contributed by atoms with van der Waals surface area (Å²) in [6.45, 7) is 1.43. The van der Waals surface area contributed by atoms with Gasteiger partial charge in [0, 0.05) is 24.3 Å². The summed E-state index contributed by atoms with van der Waals surface area (Å²) in [5.74, 6) is 0. The van der Waals surface area contributed by atoms with Crippen LogP contribution in [0.5, 0.6) is 0 Å². The summed E-state index contributed by atoms with van der Waals surface area (Å²) in [5, 5.41) is 6.08. The number of amides is 2. The largest absolute Gasteiger partial charge is 0.337 e. The molecule has 0 saturated heterocycles. The summed E-state index contributed by atoms with van der Waals surface area (Å²) < 4.78 is 0. The van der Waals surface area contributed by atoms with Crippen molar-refractivity contribution in [3.05, 3.63) is 41.1 Å². The highest BCUT2D eigenvalue weighted by molar-refractivity contribution is 6.30. The maximum atomic E-state index is 11.4. The first-order valence-electron chi connectivity index (χ1n) is 5.69. The van der Waals surface area contributed by atoms with Crippen LogP contribution in [0, 0.1) is 0 Å². The Labute approximate surface area is 113 Å². The molecule has 0 aliphatic carbocycles. The molecule has 0 unspecified atom stereocenters. The maximum Gasteiger partial charge on any atom is 0.318 e. The van der Waals surface area contributed by atoms with E-state index in [1.807, 2.05) is 37.2 Å². The zero-order valence-electron chi connectivity index (χ0n) is 10.6. The Hall–Kier alpha value is -1.52. The average Bonchev–Trinajstić information content (AvgIpc) is 2.31. The average molecular weight is 268 g/mol. The molecule has 0 atom stereocenters. The second kappa shape index (κ2) is 7.74. The lowest BCUT2D eigenvalue weighted by Crippen LogP contribution is -2.36. The number of rotatable bonds is 5. The van der Waals surface area contributed by atoms with E-state index in [9.17, 15) is 4.79 Å². The molecule has 2 amide bonds. The van der Waals surface area contributed by atoms with Crippen molar-refractivity contribution < 1.29 is 4.79 Å². The Morgan fingerprint density at radius 3 is 2.61 bits per heavy atom. The lowest BCUT2D eigenvalue weighted by Gasteiger charge is -2.09. The quantitative estimate of drug-likeness (QED) is 0.859. The Bertz CT molecular complexity index is 401. The van der Waals surface area contributed by atoms with Gasteiger partial charge in [-0.25, -0.2) is 4.79 Å². The minimum absolute atomic E-state index is 0.206. The lowest BCUT2D eigenvalue weighted by atomic mass is 10.2. The fourth-order valence-corrected chi connectivity index (χ4v) is 1.36. The minimum Gasteiger partial charge on any atom is -0.337 e. The molecule has 98 valence electrons. The predicted octanol–water partition coefficient (Wildman–Crippen LogP) is 2.17. The summed E-state index contributed by atoms with van der Waals surface area (Å²) in [6, 6.07) is 7.16. The van der Waals surface area contributed by atoms with Gasteiger partial charge in [0.1, 0.15) is 0 Å². The number of benzene rings is 1. The van der Waals surface area contributed by atoms with Crippen LogP contribution in [0.1, 0.15) is 5.56 Å². The molecular weight excluding hydrogens is 250 g/mol. The highest BCUT2D eigenvalue weighted by Crippen LogP contribution is 2.10. The Morgan fingerprint density at radius 2 is 2.00 bits per heavy atom. The third-order valence-electron chi connectivity index (χ3n) is 2.20. The summed E-state index contributed by atoms with van der Waals surface area (Å²) in [5.41, 5.74) is 0.980. The van der Waals surface area contributed by atoms with Gasteiger partial charge in [-0.2, -0.15) is 0 Å². The van der Waals surface area contributed by atoms with Gasteiger partial charge in [0.25, 0.3) is 0 Å². The Balaban J connectivity index is 2.27. The van der Waals surface area contributed by atoms with Crippen molar-refractivity contribution in [3.8, 4) is 0 Å². The molecule has 0 aromatic heterocycles. The van der Waals surface area contributed by atoms with E-state index in [1.165, 1.54) is 0 Å². The summed E-state index contributed by atoms with van der Waals surface area (Å²) >= 11 is 5.77. The molecule has 4 nitrogen and oxygen atoms in total. The van der Waals surface area contributed by atoms with Crippen molar-refractivity contribution in [1.82, 2.24) is 15.5 Å². The van der Waals surface area contributed by atoms with Crippen molar-refractivity contribution in [3.63, 3.8) is 0 Å². The third-order valence-corrected chi connectivity index (χ3v) is 2.46. The van der Waals surface area contributed by atoms with Gasteiger partial charge >= 0.3 is 6.03 Å². The fraction of sp³-hybridized carbons (Fsp3) is 0.308. The number of carbonyl (C=O) groups is 1. The van der Waals surface area contributed by atoms with E-state index in [2.05, 4.69) is 10.6 Å². The standard InChI is InChI=1S/C13H18ClN3O/c1-17(2)10-9-16-13(18)15-8-7-11-3-5-12(14)6-4-11/h3-8H,9-10H2,1-2H3,(H2,15,16,18)/b8-7+. The monoisotopic (exact) mass is 267 g/mol. The number of hydrogen-bond acceptors (Lipinski definition) is 2. The van der Waals surface area contributed by atoms with Gasteiger partial charge in [-0.1, -0.05) is 23.7 Å². The van der Waals surface area contributed by atoms with Crippen LogP contribution in [0.25, 0.3) is 6.08 Å². The number of hydrogen-bond donors (Lipinski definition) is 2. The van der Waals surface area contributed by atoms with Crippen LogP contribution >= 0.6 is 11.6 Å². The number of halogens is 1. The predicted molar refractivity (Wildman–Crippen MR) is 75.6 cm³/mol. The number of urea groups is 1. The molecule has 0 heterocycles. The molecule has 5 heteroatoms. The maximum absolute atomic E-state index is 11.4. The van der Waals surface area contributed by atoms with Gasteiger partial charge in [0.05, 0.1) is 0 Å². The third kappa shape index (κ3) is 6.27. The van der Waals surface area contributed by atoms with Crippen LogP contribution in [0.15, 0.2) is 30.5 Å². The van der Waals surface area contributed by atoms with Gasteiger partial charge < -0.3 is 15.5 Å². The van der Waals surface area contributed by atoms with E-state index >= 15 is 0 Å². The molecule has 18 heavy (non-hydrogen) atoms. The van der Waals surface area contributed by atoms with E-state index in [0.29, 0.717) is 11.6 Å². The zero-order chi connectivity index (χ0) is 13.4. The normalized spacial score (nSPS) is 10.9. The van der Waals surface area contributed by atoms with Crippen molar-refractivity contribution in [2.45, 2.75) is 0 Å². The van der Waals surface area contributed by atoms with Gasteiger partial charge in [-0.3, -0.25) is 0 Å². The molecule has 0 aliphatic rings. The Kier molecular flexibility index (Phi) is 6.25. The molecule has 0 bridgehead atoms. The Morgan fingerprint density at radius 1 is 1.33 bits per heavy atom. The highest BCUT2D eigenvalue weighted by Gasteiger charge is 1.96. The topological polar surface area (TPSA) is 44.4 Å². The van der Waals surface area contributed by atoms with Crippen molar-refractivity contribution in [2.75, 3.05) is 27.2 Å². The second-order valence-electron chi connectivity index (χ2n) is 4.09. The highest BCUT2D eigenvalue weighted by atomic mass is 35.5. The van der Waals surface area contributed by atoms with Gasteiger partial charge in [0.2, 0.25) is 0 Å². The first kappa shape index (κ1) is 14.5. The van der Waals surface area contributed by atoms with Crippen LogP contribution in [0.4, 0.5) is 4.79 Å². The molecule has 0 aliphatic heterocycles. The molecule has 0 spiro atoms. The van der Waals surface area contributed by atoms with E-state index < -0.39 is 0 Å². The number of nitrogens with one attached hydrogen (secondary N) is 2. The molecule has 1 rings (SSSR count). The number of likely N-dealkylation sites (N-methyl/N-ethyl adjacent to an activating group) is 1. The SMILES string of the molecule is CN(C)CCNC(=O)N/C=C/c1ccc(Cl)cc1. The van der Waals surface area contributed by atoms with Crippen molar-refractivity contribution in [2.24, 2.45) is 0 Å². The number of nitrogens with zero attached hydrogens (tertiary/aromatic N) is 1. The summed E-state index contributed by atoms with van der Waals surface area (Å²) in [7, 11) is 3.92. The summed E-state index contributed by atoms with van der Waals surface area (Å²) in [6.07, 6.45) is 3.41. The van der Waals surface area contributed by atoms with E-state index in [-0.39, 0.29) is 6.03 Å². The van der Waals surface area contributed by atoms with Crippen LogP contribution in [0.3, 0.4) is 0 Å².